The normalized spacial score (nSPS) is 10.4. The lowest BCUT2D eigenvalue weighted by molar-refractivity contribution is 0.274. The van der Waals surface area contributed by atoms with Gasteiger partial charge >= 0.3 is 0 Å². The number of methoxy groups -OCH3 is 1. The lowest BCUT2D eigenvalue weighted by Gasteiger charge is -2.13. The second kappa shape index (κ2) is 7.91. The highest BCUT2D eigenvalue weighted by molar-refractivity contribution is 6.33. The van der Waals surface area contributed by atoms with Crippen molar-refractivity contribution < 1.29 is 9.84 Å². The van der Waals surface area contributed by atoms with E-state index in [2.05, 4.69) is 29.6 Å². The van der Waals surface area contributed by atoms with E-state index in [4.69, 9.17) is 16.3 Å². The molecule has 2 aromatic rings. The topological polar surface area (TPSA) is 41.5 Å². The van der Waals surface area contributed by atoms with Gasteiger partial charge in [0.2, 0.25) is 0 Å². The number of ether oxygens (including phenoxy) is 1. The minimum Gasteiger partial charge on any atom is -0.496 e. The molecule has 0 spiro atoms. The standard InChI is InChI=1S/C17H20ClNO2/c1-21-17-11-16(15(18)10-14(17)12-20)19-9-5-8-13-6-3-2-4-7-13/h2-4,6-7,10-11,19-20H,5,8-9,12H2,1H3. The molecule has 0 atom stereocenters. The molecule has 0 radical (unpaired) electrons. The van der Waals surface area contributed by atoms with Crippen LogP contribution >= 0.6 is 11.6 Å². The summed E-state index contributed by atoms with van der Waals surface area (Å²) in [7, 11) is 1.58. The minimum absolute atomic E-state index is 0.0861. The highest BCUT2D eigenvalue weighted by Gasteiger charge is 2.08. The molecule has 0 aliphatic rings. The molecule has 2 N–H and O–H groups in total. The first-order valence-corrected chi connectivity index (χ1v) is 7.37. The first-order chi connectivity index (χ1) is 10.2. The van der Waals surface area contributed by atoms with E-state index >= 15 is 0 Å². The van der Waals surface area contributed by atoms with Crippen LogP contribution in [0.2, 0.25) is 5.02 Å². The predicted molar refractivity (Wildman–Crippen MR) is 87.2 cm³/mol. The number of hydrogen-bond acceptors (Lipinski definition) is 3. The number of rotatable bonds is 7. The smallest absolute Gasteiger partial charge is 0.126 e. The fourth-order valence-electron chi connectivity index (χ4n) is 2.20. The molecule has 3 nitrogen and oxygen atoms in total. The molecule has 4 heteroatoms. The first-order valence-electron chi connectivity index (χ1n) is 6.99. The van der Waals surface area contributed by atoms with Crippen LogP contribution in [0.5, 0.6) is 5.75 Å². The molecular formula is C17H20ClNO2. The molecule has 0 saturated heterocycles. The molecule has 21 heavy (non-hydrogen) atoms. The maximum absolute atomic E-state index is 9.25. The van der Waals surface area contributed by atoms with Crippen LogP contribution in [0.25, 0.3) is 0 Å². The van der Waals surface area contributed by atoms with Crippen LogP contribution < -0.4 is 10.1 Å². The van der Waals surface area contributed by atoms with Crippen molar-refractivity contribution >= 4 is 17.3 Å². The summed E-state index contributed by atoms with van der Waals surface area (Å²) < 4.78 is 5.25. The number of benzene rings is 2. The van der Waals surface area contributed by atoms with Crippen LogP contribution in [-0.4, -0.2) is 18.8 Å². The number of aliphatic hydroxyl groups excluding tert-OH is 1. The van der Waals surface area contributed by atoms with E-state index in [-0.39, 0.29) is 6.61 Å². The van der Waals surface area contributed by atoms with Crippen molar-refractivity contribution in [1.29, 1.82) is 0 Å². The van der Waals surface area contributed by atoms with Crippen molar-refractivity contribution in [2.45, 2.75) is 19.4 Å². The summed E-state index contributed by atoms with van der Waals surface area (Å²) in [5.74, 6) is 0.646. The number of aryl methyl sites for hydroxylation is 1. The zero-order valence-electron chi connectivity index (χ0n) is 12.1. The molecule has 0 fully saturated rings. The average molecular weight is 306 g/mol. The Hall–Kier alpha value is -1.71. The summed E-state index contributed by atoms with van der Waals surface area (Å²) in [6.45, 7) is 0.743. The van der Waals surface area contributed by atoms with E-state index in [0.29, 0.717) is 16.3 Å². The lowest BCUT2D eigenvalue weighted by atomic mass is 10.1. The Bertz CT molecular complexity index is 573. The van der Waals surface area contributed by atoms with Crippen molar-refractivity contribution in [1.82, 2.24) is 0 Å². The fourth-order valence-corrected chi connectivity index (χ4v) is 2.46. The molecule has 0 unspecified atom stereocenters. The number of halogens is 1. The number of anilines is 1. The fraction of sp³-hybridized carbons (Fsp3) is 0.294. The van der Waals surface area contributed by atoms with Gasteiger partial charge in [0, 0.05) is 18.2 Å². The van der Waals surface area contributed by atoms with E-state index in [9.17, 15) is 5.11 Å². The maximum atomic E-state index is 9.25. The lowest BCUT2D eigenvalue weighted by Crippen LogP contribution is -2.04. The summed E-state index contributed by atoms with van der Waals surface area (Å²) in [5, 5.41) is 13.2. The van der Waals surface area contributed by atoms with Crippen molar-refractivity contribution in [3.63, 3.8) is 0 Å². The van der Waals surface area contributed by atoms with Crippen molar-refractivity contribution in [3.05, 3.63) is 58.6 Å². The molecule has 0 bridgehead atoms. The second-order valence-corrected chi connectivity index (χ2v) is 5.23. The Morgan fingerprint density at radius 1 is 1.19 bits per heavy atom. The Morgan fingerprint density at radius 2 is 1.95 bits per heavy atom. The Kier molecular flexibility index (Phi) is 5.90. The zero-order chi connectivity index (χ0) is 15.1. The van der Waals surface area contributed by atoms with Gasteiger partial charge < -0.3 is 15.2 Å². The molecule has 0 saturated carbocycles. The SMILES string of the molecule is COc1cc(NCCCc2ccccc2)c(Cl)cc1CO. The van der Waals surface area contributed by atoms with E-state index < -0.39 is 0 Å². The highest BCUT2D eigenvalue weighted by Crippen LogP contribution is 2.30. The van der Waals surface area contributed by atoms with Gasteiger partial charge in [0.25, 0.3) is 0 Å². The van der Waals surface area contributed by atoms with Crippen LogP contribution in [0.3, 0.4) is 0 Å². The zero-order valence-corrected chi connectivity index (χ0v) is 12.9. The number of nitrogens with one attached hydrogen (secondary N) is 1. The molecule has 2 aromatic carbocycles. The van der Waals surface area contributed by atoms with Crippen molar-refractivity contribution in [3.8, 4) is 5.75 Å². The van der Waals surface area contributed by atoms with E-state index in [1.165, 1.54) is 5.56 Å². The summed E-state index contributed by atoms with van der Waals surface area (Å²) >= 11 is 6.20. The van der Waals surface area contributed by atoms with Crippen LogP contribution in [-0.2, 0) is 13.0 Å². The van der Waals surface area contributed by atoms with Gasteiger partial charge in [0.1, 0.15) is 5.75 Å². The van der Waals surface area contributed by atoms with Gasteiger partial charge in [0.15, 0.2) is 0 Å². The molecule has 112 valence electrons. The molecule has 2 rings (SSSR count). The highest BCUT2D eigenvalue weighted by atomic mass is 35.5. The molecule has 0 aliphatic heterocycles. The summed E-state index contributed by atoms with van der Waals surface area (Å²) in [5.41, 5.74) is 2.86. The molecule has 0 aliphatic carbocycles. The summed E-state index contributed by atoms with van der Waals surface area (Å²) in [4.78, 5) is 0. The van der Waals surface area contributed by atoms with E-state index in [1.807, 2.05) is 12.1 Å². The van der Waals surface area contributed by atoms with Crippen LogP contribution in [0, 0.1) is 0 Å². The average Bonchev–Trinajstić information content (AvgIpc) is 2.53. The third-order valence-electron chi connectivity index (χ3n) is 3.34. The minimum atomic E-state index is -0.0861. The van der Waals surface area contributed by atoms with E-state index in [0.717, 1.165) is 25.1 Å². The molecule has 0 heterocycles. The molecular weight excluding hydrogens is 286 g/mol. The van der Waals surface area contributed by atoms with Gasteiger partial charge in [-0.05, 0) is 24.5 Å². The van der Waals surface area contributed by atoms with Crippen molar-refractivity contribution in [2.24, 2.45) is 0 Å². The Labute approximate surface area is 130 Å². The first kappa shape index (κ1) is 15.7. The Balaban J connectivity index is 1.91. The molecule has 0 amide bonds. The largest absolute Gasteiger partial charge is 0.496 e. The van der Waals surface area contributed by atoms with Crippen LogP contribution in [0.4, 0.5) is 5.69 Å². The number of hydrogen-bond donors (Lipinski definition) is 2. The van der Waals surface area contributed by atoms with Crippen molar-refractivity contribution in [2.75, 3.05) is 19.0 Å². The quantitative estimate of drug-likeness (QED) is 0.763. The van der Waals surface area contributed by atoms with Gasteiger partial charge in [-0.3, -0.25) is 0 Å². The van der Waals surface area contributed by atoms with Gasteiger partial charge in [-0.1, -0.05) is 41.9 Å². The number of aliphatic hydroxyl groups is 1. The third-order valence-corrected chi connectivity index (χ3v) is 3.65. The van der Waals surface area contributed by atoms with Gasteiger partial charge in [-0.25, -0.2) is 0 Å². The summed E-state index contributed by atoms with van der Waals surface area (Å²) in [6.07, 6.45) is 2.04. The van der Waals surface area contributed by atoms with Gasteiger partial charge in [-0.2, -0.15) is 0 Å². The Morgan fingerprint density at radius 3 is 2.62 bits per heavy atom. The van der Waals surface area contributed by atoms with Crippen LogP contribution in [0.15, 0.2) is 42.5 Å². The maximum Gasteiger partial charge on any atom is 0.126 e. The second-order valence-electron chi connectivity index (χ2n) is 4.82. The van der Waals surface area contributed by atoms with E-state index in [1.54, 1.807) is 13.2 Å². The van der Waals surface area contributed by atoms with Gasteiger partial charge in [0.05, 0.1) is 24.4 Å². The van der Waals surface area contributed by atoms with Crippen LogP contribution in [0.1, 0.15) is 17.5 Å². The predicted octanol–water partition coefficient (Wildman–Crippen LogP) is 3.89. The monoisotopic (exact) mass is 305 g/mol. The van der Waals surface area contributed by atoms with Gasteiger partial charge in [-0.15, -0.1) is 0 Å². The molecule has 0 aromatic heterocycles. The third kappa shape index (κ3) is 4.38. The summed E-state index contributed by atoms with van der Waals surface area (Å²) in [6, 6.07) is 14.0.